The SMILES string of the molecule is Cc1cc(Sc2nncs2)c2cc(N)ccc2n1. The lowest BCUT2D eigenvalue weighted by Gasteiger charge is -2.06. The van der Waals surface area contributed by atoms with Gasteiger partial charge in [0.25, 0.3) is 0 Å². The minimum Gasteiger partial charge on any atom is -0.399 e. The predicted octanol–water partition coefficient (Wildman–Crippen LogP) is 3.13. The standard InChI is InChI=1S/C12H10N4S2/c1-7-4-11(18-12-16-14-6-17-12)9-5-8(13)2-3-10(9)15-7/h2-6H,13H2,1H3. The van der Waals surface area contributed by atoms with Crippen molar-refractivity contribution in [3.63, 3.8) is 0 Å². The van der Waals surface area contributed by atoms with Gasteiger partial charge in [-0.1, -0.05) is 23.1 Å². The molecule has 0 aliphatic carbocycles. The van der Waals surface area contributed by atoms with Gasteiger partial charge in [-0.25, -0.2) is 0 Å². The van der Waals surface area contributed by atoms with Gasteiger partial charge in [-0.2, -0.15) is 0 Å². The molecule has 0 bridgehead atoms. The summed E-state index contributed by atoms with van der Waals surface area (Å²) in [7, 11) is 0. The monoisotopic (exact) mass is 274 g/mol. The van der Waals surface area contributed by atoms with E-state index in [1.54, 1.807) is 17.3 Å². The van der Waals surface area contributed by atoms with Gasteiger partial charge < -0.3 is 5.73 Å². The van der Waals surface area contributed by atoms with E-state index in [4.69, 9.17) is 5.73 Å². The van der Waals surface area contributed by atoms with Gasteiger partial charge in [0.1, 0.15) is 5.51 Å². The molecule has 4 nitrogen and oxygen atoms in total. The number of nitrogens with two attached hydrogens (primary N) is 1. The molecule has 0 radical (unpaired) electrons. The molecule has 0 fully saturated rings. The van der Waals surface area contributed by atoms with Crippen LogP contribution < -0.4 is 5.73 Å². The smallest absolute Gasteiger partial charge is 0.178 e. The van der Waals surface area contributed by atoms with Crippen LogP contribution in [0.25, 0.3) is 10.9 Å². The molecular weight excluding hydrogens is 264 g/mol. The third-order valence-electron chi connectivity index (χ3n) is 2.46. The Morgan fingerprint density at radius 3 is 2.94 bits per heavy atom. The van der Waals surface area contributed by atoms with Gasteiger partial charge in [0.05, 0.1) is 5.52 Å². The molecule has 3 rings (SSSR count). The largest absolute Gasteiger partial charge is 0.399 e. The van der Waals surface area contributed by atoms with Crippen molar-refractivity contribution >= 4 is 39.7 Å². The number of aryl methyl sites for hydroxylation is 1. The molecule has 2 heterocycles. The fourth-order valence-corrected chi connectivity index (χ4v) is 3.37. The first-order valence-electron chi connectivity index (χ1n) is 5.33. The average molecular weight is 274 g/mol. The number of hydrogen-bond acceptors (Lipinski definition) is 6. The van der Waals surface area contributed by atoms with E-state index in [-0.39, 0.29) is 0 Å². The van der Waals surface area contributed by atoms with Crippen LogP contribution in [0.5, 0.6) is 0 Å². The molecule has 0 saturated carbocycles. The summed E-state index contributed by atoms with van der Waals surface area (Å²) in [5.74, 6) is 0. The van der Waals surface area contributed by atoms with E-state index < -0.39 is 0 Å². The van der Waals surface area contributed by atoms with Crippen molar-refractivity contribution in [3.05, 3.63) is 35.5 Å². The molecule has 0 aliphatic rings. The Labute approximate surface area is 112 Å². The fraction of sp³-hybridized carbons (Fsp3) is 0.0833. The maximum atomic E-state index is 5.84. The Morgan fingerprint density at radius 2 is 2.17 bits per heavy atom. The number of nitrogen functional groups attached to an aromatic ring is 1. The van der Waals surface area contributed by atoms with Crippen molar-refractivity contribution in [1.29, 1.82) is 0 Å². The zero-order valence-corrected chi connectivity index (χ0v) is 11.3. The van der Waals surface area contributed by atoms with Crippen LogP contribution in [0, 0.1) is 6.92 Å². The number of rotatable bonds is 2. The topological polar surface area (TPSA) is 64.7 Å². The number of pyridine rings is 1. The Morgan fingerprint density at radius 1 is 1.28 bits per heavy atom. The zero-order valence-electron chi connectivity index (χ0n) is 9.62. The lowest BCUT2D eigenvalue weighted by atomic mass is 10.2. The number of benzene rings is 1. The molecule has 1 aromatic carbocycles. The molecule has 0 aliphatic heterocycles. The van der Waals surface area contributed by atoms with E-state index in [0.29, 0.717) is 0 Å². The van der Waals surface area contributed by atoms with Crippen LogP contribution in [0.15, 0.2) is 39.0 Å². The Hall–Kier alpha value is -1.66. The number of hydrogen-bond donors (Lipinski definition) is 1. The maximum absolute atomic E-state index is 5.84. The first-order valence-corrected chi connectivity index (χ1v) is 7.03. The normalized spacial score (nSPS) is 10.9. The molecule has 0 unspecified atom stereocenters. The number of fused-ring (bicyclic) bond motifs is 1. The van der Waals surface area contributed by atoms with Gasteiger partial charge in [0.15, 0.2) is 4.34 Å². The Kier molecular flexibility index (Phi) is 2.89. The molecule has 2 N–H and O–H groups in total. The summed E-state index contributed by atoms with van der Waals surface area (Å²) in [6.07, 6.45) is 0. The summed E-state index contributed by atoms with van der Waals surface area (Å²) in [6, 6.07) is 7.81. The van der Waals surface area contributed by atoms with Crippen LogP contribution in [-0.4, -0.2) is 15.2 Å². The van der Waals surface area contributed by atoms with Gasteiger partial charge in [0, 0.05) is 21.7 Å². The van der Waals surface area contributed by atoms with Crippen molar-refractivity contribution in [3.8, 4) is 0 Å². The van der Waals surface area contributed by atoms with Crippen LogP contribution in [0.4, 0.5) is 5.69 Å². The minimum absolute atomic E-state index is 0.743. The van der Waals surface area contributed by atoms with Crippen molar-refractivity contribution < 1.29 is 0 Å². The average Bonchev–Trinajstić information content (AvgIpc) is 2.83. The highest BCUT2D eigenvalue weighted by Gasteiger charge is 2.08. The maximum Gasteiger partial charge on any atom is 0.178 e. The fourth-order valence-electron chi connectivity index (χ4n) is 1.72. The van der Waals surface area contributed by atoms with Crippen molar-refractivity contribution in [2.75, 3.05) is 5.73 Å². The molecule has 2 aromatic heterocycles. The zero-order chi connectivity index (χ0) is 12.5. The summed E-state index contributed by atoms with van der Waals surface area (Å²) >= 11 is 3.12. The highest BCUT2D eigenvalue weighted by Crippen LogP contribution is 2.34. The van der Waals surface area contributed by atoms with Crippen LogP contribution in [-0.2, 0) is 0 Å². The van der Waals surface area contributed by atoms with Gasteiger partial charge in [-0.3, -0.25) is 4.98 Å². The third kappa shape index (κ3) is 2.16. The van der Waals surface area contributed by atoms with Gasteiger partial charge in [0.2, 0.25) is 0 Å². The molecule has 90 valence electrons. The van der Waals surface area contributed by atoms with E-state index in [2.05, 4.69) is 15.2 Å². The Bertz CT molecular complexity index is 695. The quantitative estimate of drug-likeness (QED) is 0.727. The molecule has 3 aromatic rings. The summed E-state index contributed by atoms with van der Waals surface area (Å²) < 4.78 is 0.921. The third-order valence-corrected chi connectivity index (χ3v) is 4.30. The molecule has 0 spiro atoms. The van der Waals surface area contributed by atoms with Crippen molar-refractivity contribution in [2.45, 2.75) is 16.2 Å². The molecule has 0 atom stereocenters. The summed E-state index contributed by atoms with van der Waals surface area (Å²) in [5, 5.41) is 8.95. The summed E-state index contributed by atoms with van der Waals surface area (Å²) in [4.78, 5) is 5.62. The second-order valence-corrected chi connectivity index (χ2v) is 5.97. The molecular formula is C12H10N4S2. The minimum atomic E-state index is 0.743. The van der Waals surface area contributed by atoms with E-state index in [0.717, 1.165) is 31.5 Å². The summed E-state index contributed by atoms with van der Waals surface area (Å²) in [6.45, 7) is 1.99. The van der Waals surface area contributed by atoms with E-state index in [9.17, 15) is 0 Å². The number of anilines is 1. The van der Waals surface area contributed by atoms with E-state index in [1.807, 2.05) is 31.2 Å². The first kappa shape index (κ1) is 11.4. The molecule has 18 heavy (non-hydrogen) atoms. The molecule has 6 heteroatoms. The number of aromatic nitrogens is 3. The van der Waals surface area contributed by atoms with Crippen LogP contribution in [0.2, 0.25) is 0 Å². The van der Waals surface area contributed by atoms with Crippen LogP contribution in [0.1, 0.15) is 5.69 Å². The summed E-state index contributed by atoms with van der Waals surface area (Å²) in [5.41, 5.74) is 10.3. The predicted molar refractivity (Wildman–Crippen MR) is 74.9 cm³/mol. The van der Waals surface area contributed by atoms with E-state index >= 15 is 0 Å². The second kappa shape index (κ2) is 4.55. The lowest BCUT2D eigenvalue weighted by molar-refractivity contribution is 1.01. The number of nitrogens with zero attached hydrogens (tertiary/aromatic N) is 3. The van der Waals surface area contributed by atoms with Gasteiger partial charge in [-0.05, 0) is 31.2 Å². The first-order chi connectivity index (χ1) is 8.72. The highest BCUT2D eigenvalue weighted by atomic mass is 32.2. The van der Waals surface area contributed by atoms with Gasteiger partial charge in [-0.15, -0.1) is 10.2 Å². The Balaban J connectivity index is 2.17. The lowest BCUT2D eigenvalue weighted by Crippen LogP contribution is -1.90. The van der Waals surface area contributed by atoms with Crippen molar-refractivity contribution in [2.24, 2.45) is 0 Å². The molecule has 0 amide bonds. The van der Waals surface area contributed by atoms with Gasteiger partial charge >= 0.3 is 0 Å². The highest BCUT2D eigenvalue weighted by molar-refractivity contribution is 8.01. The van der Waals surface area contributed by atoms with Crippen molar-refractivity contribution in [1.82, 2.24) is 15.2 Å². The molecule has 0 saturated heterocycles. The van der Waals surface area contributed by atoms with E-state index in [1.165, 1.54) is 11.3 Å². The van der Waals surface area contributed by atoms with Crippen LogP contribution >= 0.6 is 23.1 Å². The second-order valence-electron chi connectivity index (χ2n) is 3.85. The van der Waals surface area contributed by atoms with Crippen LogP contribution in [0.3, 0.4) is 0 Å².